The van der Waals surface area contributed by atoms with Gasteiger partial charge in [0.25, 0.3) is 0 Å². The maximum atomic E-state index is 9.76. The van der Waals surface area contributed by atoms with E-state index in [0.717, 1.165) is 25.0 Å². The molecule has 4 heteroatoms. The third kappa shape index (κ3) is 2.07. The van der Waals surface area contributed by atoms with Gasteiger partial charge in [-0.15, -0.1) is 0 Å². The fraction of sp³-hybridized carbons (Fsp3) is 0.750. The van der Waals surface area contributed by atoms with Crippen molar-refractivity contribution in [2.75, 3.05) is 7.11 Å². The predicted molar refractivity (Wildman–Crippen MR) is 61.5 cm³/mol. The van der Waals surface area contributed by atoms with Gasteiger partial charge >= 0.3 is 0 Å². The highest BCUT2D eigenvalue weighted by atomic mass is 16.5. The third-order valence-corrected chi connectivity index (χ3v) is 3.65. The quantitative estimate of drug-likeness (QED) is 0.835. The van der Waals surface area contributed by atoms with Gasteiger partial charge < -0.3 is 9.84 Å². The first-order valence-electron chi connectivity index (χ1n) is 5.79. The van der Waals surface area contributed by atoms with E-state index in [-0.39, 0.29) is 17.6 Å². The summed E-state index contributed by atoms with van der Waals surface area (Å²) in [5.74, 6) is 0.774. The SMILES string of the molecule is COc1cnn(C2CC(O)CCC2(C)C)c1. The molecule has 16 heavy (non-hydrogen) atoms. The number of ether oxygens (including phenoxy) is 1. The van der Waals surface area contributed by atoms with E-state index in [2.05, 4.69) is 18.9 Å². The average Bonchev–Trinajstić information content (AvgIpc) is 2.70. The second-order valence-electron chi connectivity index (χ2n) is 5.29. The molecule has 0 bridgehead atoms. The lowest BCUT2D eigenvalue weighted by atomic mass is 9.72. The number of methoxy groups -OCH3 is 1. The summed E-state index contributed by atoms with van der Waals surface area (Å²) < 4.78 is 7.07. The lowest BCUT2D eigenvalue weighted by Crippen LogP contribution is -2.36. The highest BCUT2D eigenvalue weighted by Crippen LogP contribution is 2.43. The van der Waals surface area contributed by atoms with Gasteiger partial charge in [-0.05, 0) is 24.7 Å². The zero-order valence-electron chi connectivity index (χ0n) is 10.2. The fourth-order valence-corrected chi connectivity index (χ4v) is 2.46. The van der Waals surface area contributed by atoms with Crippen LogP contribution in [-0.2, 0) is 0 Å². The molecule has 1 heterocycles. The summed E-state index contributed by atoms with van der Waals surface area (Å²) in [6, 6.07) is 0.250. The highest BCUT2D eigenvalue weighted by Gasteiger charge is 2.37. The van der Waals surface area contributed by atoms with E-state index in [1.54, 1.807) is 13.3 Å². The van der Waals surface area contributed by atoms with Crippen LogP contribution in [0.1, 0.15) is 39.2 Å². The Labute approximate surface area is 96.2 Å². The summed E-state index contributed by atoms with van der Waals surface area (Å²) in [6.45, 7) is 4.47. The molecule has 2 rings (SSSR count). The summed E-state index contributed by atoms with van der Waals surface area (Å²) in [5.41, 5.74) is 0.177. The molecular weight excluding hydrogens is 204 g/mol. The molecule has 1 aliphatic carbocycles. The number of hydrogen-bond acceptors (Lipinski definition) is 3. The van der Waals surface area contributed by atoms with Crippen LogP contribution in [0.5, 0.6) is 5.75 Å². The Morgan fingerprint density at radius 2 is 2.31 bits per heavy atom. The van der Waals surface area contributed by atoms with Crippen molar-refractivity contribution in [2.45, 2.75) is 45.3 Å². The molecule has 0 spiro atoms. The van der Waals surface area contributed by atoms with Crippen LogP contribution in [0.3, 0.4) is 0 Å². The Kier molecular flexibility index (Phi) is 2.93. The molecule has 0 radical (unpaired) electrons. The molecule has 1 N–H and O–H groups in total. The second kappa shape index (κ2) is 4.09. The maximum Gasteiger partial charge on any atom is 0.156 e. The van der Waals surface area contributed by atoms with E-state index in [4.69, 9.17) is 4.74 Å². The van der Waals surface area contributed by atoms with Crippen LogP contribution in [0, 0.1) is 5.41 Å². The smallest absolute Gasteiger partial charge is 0.156 e. The molecule has 1 aromatic rings. The molecule has 1 saturated carbocycles. The van der Waals surface area contributed by atoms with Gasteiger partial charge in [0.2, 0.25) is 0 Å². The zero-order valence-corrected chi connectivity index (χ0v) is 10.2. The first-order valence-corrected chi connectivity index (χ1v) is 5.79. The standard InChI is InChI=1S/C12H20N2O2/c1-12(2)5-4-9(15)6-11(12)14-8-10(16-3)7-13-14/h7-9,11,15H,4-6H2,1-3H3. The Bertz CT molecular complexity index is 360. The lowest BCUT2D eigenvalue weighted by molar-refractivity contribution is 0.0291. The molecular formula is C12H20N2O2. The Morgan fingerprint density at radius 3 is 2.94 bits per heavy atom. The van der Waals surface area contributed by atoms with Gasteiger partial charge in [0.15, 0.2) is 5.75 Å². The van der Waals surface area contributed by atoms with E-state index in [1.165, 1.54) is 0 Å². The molecule has 4 nitrogen and oxygen atoms in total. The highest BCUT2D eigenvalue weighted by molar-refractivity contribution is 5.12. The number of aromatic nitrogens is 2. The summed E-state index contributed by atoms with van der Waals surface area (Å²) in [4.78, 5) is 0. The van der Waals surface area contributed by atoms with Crippen LogP contribution in [0.15, 0.2) is 12.4 Å². The van der Waals surface area contributed by atoms with Crippen LogP contribution < -0.4 is 4.74 Å². The van der Waals surface area contributed by atoms with Crippen LogP contribution in [0.4, 0.5) is 0 Å². The number of hydrogen-bond donors (Lipinski definition) is 1. The Balaban J connectivity index is 2.22. The monoisotopic (exact) mass is 224 g/mol. The normalized spacial score (nSPS) is 29.0. The predicted octanol–water partition coefficient (Wildman–Crippen LogP) is 2.00. The van der Waals surface area contributed by atoms with Gasteiger partial charge in [0.1, 0.15) is 0 Å². The van der Waals surface area contributed by atoms with Crippen LogP contribution in [0.2, 0.25) is 0 Å². The molecule has 90 valence electrons. The van der Waals surface area contributed by atoms with Crippen molar-refractivity contribution in [3.05, 3.63) is 12.4 Å². The molecule has 2 atom stereocenters. The molecule has 1 aromatic heterocycles. The van der Waals surface area contributed by atoms with Crippen molar-refractivity contribution in [2.24, 2.45) is 5.41 Å². The van der Waals surface area contributed by atoms with Gasteiger partial charge in [-0.25, -0.2) is 0 Å². The topological polar surface area (TPSA) is 47.3 Å². The molecule has 0 aliphatic heterocycles. The maximum absolute atomic E-state index is 9.76. The molecule has 1 aliphatic rings. The Hall–Kier alpha value is -1.03. The van der Waals surface area contributed by atoms with Crippen molar-refractivity contribution >= 4 is 0 Å². The van der Waals surface area contributed by atoms with Gasteiger partial charge in [0, 0.05) is 0 Å². The Morgan fingerprint density at radius 1 is 1.56 bits per heavy atom. The molecule has 1 fully saturated rings. The lowest BCUT2D eigenvalue weighted by Gasteiger charge is -2.40. The number of rotatable bonds is 2. The van der Waals surface area contributed by atoms with Gasteiger partial charge in [0.05, 0.1) is 31.6 Å². The minimum atomic E-state index is -0.201. The van der Waals surface area contributed by atoms with Crippen molar-refractivity contribution < 1.29 is 9.84 Å². The van der Waals surface area contributed by atoms with E-state index in [9.17, 15) is 5.11 Å². The molecule has 0 aromatic carbocycles. The second-order valence-corrected chi connectivity index (χ2v) is 5.29. The van der Waals surface area contributed by atoms with E-state index < -0.39 is 0 Å². The minimum absolute atomic E-state index is 0.177. The van der Waals surface area contributed by atoms with Gasteiger partial charge in [-0.2, -0.15) is 5.10 Å². The first-order chi connectivity index (χ1) is 7.53. The van der Waals surface area contributed by atoms with Crippen LogP contribution in [-0.4, -0.2) is 28.1 Å². The fourth-order valence-electron chi connectivity index (χ4n) is 2.46. The molecule has 2 unspecified atom stereocenters. The first kappa shape index (κ1) is 11.5. The zero-order chi connectivity index (χ0) is 11.8. The van der Waals surface area contributed by atoms with E-state index in [1.807, 2.05) is 10.9 Å². The van der Waals surface area contributed by atoms with Gasteiger partial charge in [-0.3, -0.25) is 4.68 Å². The summed E-state index contributed by atoms with van der Waals surface area (Å²) in [6.07, 6.45) is 6.12. The average molecular weight is 224 g/mol. The summed E-state index contributed by atoms with van der Waals surface area (Å²) in [5, 5.41) is 14.1. The summed E-state index contributed by atoms with van der Waals surface area (Å²) in [7, 11) is 1.64. The van der Waals surface area contributed by atoms with Gasteiger partial charge in [-0.1, -0.05) is 13.8 Å². The molecule has 0 amide bonds. The van der Waals surface area contributed by atoms with Crippen LogP contribution in [0.25, 0.3) is 0 Å². The number of aliphatic hydroxyl groups excluding tert-OH is 1. The number of aliphatic hydroxyl groups is 1. The summed E-state index contributed by atoms with van der Waals surface area (Å²) >= 11 is 0. The number of nitrogens with zero attached hydrogens (tertiary/aromatic N) is 2. The van der Waals surface area contributed by atoms with E-state index in [0.29, 0.717) is 0 Å². The van der Waals surface area contributed by atoms with Crippen molar-refractivity contribution in [1.29, 1.82) is 0 Å². The van der Waals surface area contributed by atoms with Crippen molar-refractivity contribution in [3.8, 4) is 5.75 Å². The van der Waals surface area contributed by atoms with E-state index >= 15 is 0 Å². The third-order valence-electron chi connectivity index (χ3n) is 3.65. The van der Waals surface area contributed by atoms with Crippen molar-refractivity contribution in [3.63, 3.8) is 0 Å². The minimum Gasteiger partial charge on any atom is -0.493 e. The van der Waals surface area contributed by atoms with Crippen molar-refractivity contribution in [1.82, 2.24) is 9.78 Å². The largest absolute Gasteiger partial charge is 0.493 e. The molecule has 0 saturated heterocycles. The van der Waals surface area contributed by atoms with Crippen LogP contribution >= 0.6 is 0 Å².